The van der Waals surface area contributed by atoms with Gasteiger partial charge in [0.2, 0.25) is 0 Å². The Hall–Kier alpha value is -0.510. The van der Waals surface area contributed by atoms with E-state index in [0.717, 1.165) is 0 Å². The molecular weight excluding hydrogens is 267 g/mol. The van der Waals surface area contributed by atoms with Crippen LogP contribution in [0.5, 0.6) is 0 Å². The second-order valence-electron chi connectivity index (χ2n) is 2.59. The third-order valence-corrected chi connectivity index (χ3v) is 1.44. The van der Waals surface area contributed by atoms with Gasteiger partial charge in [0.05, 0.1) is 19.0 Å². The van der Waals surface area contributed by atoms with Gasteiger partial charge >= 0.3 is 0 Å². The molecule has 0 radical (unpaired) electrons. The average molecular weight is 280 g/mol. The molecule has 0 aromatic carbocycles. The molecule has 0 unspecified atom stereocenters. The lowest BCUT2D eigenvalue weighted by molar-refractivity contribution is 0.877. The number of rotatable bonds is 3. The lowest BCUT2D eigenvalue weighted by Gasteiger charge is -2.00. The van der Waals surface area contributed by atoms with Crippen molar-refractivity contribution in [1.82, 2.24) is 5.32 Å². The predicted molar refractivity (Wildman–Crippen MR) is 58.3 cm³/mol. The molecule has 1 aliphatic rings. The van der Waals surface area contributed by atoms with Crippen molar-refractivity contribution < 1.29 is 0 Å². The van der Waals surface area contributed by atoms with Gasteiger partial charge in [-0.2, -0.15) is 5.26 Å². The van der Waals surface area contributed by atoms with E-state index in [-0.39, 0.29) is 24.0 Å². The molecule has 0 heterocycles. The topological polar surface area (TPSA) is 74.2 Å². The van der Waals surface area contributed by atoms with Crippen molar-refractivity contribution in [3.8, 4) is 6.07 Å². The van der Waals surface area contributed by atoms with E-state index >= 15 is 0 Å². The first-order valence-electron chi connectivity index (χ1n) is 3.76. The summed E-state index contributed by atoms with van der Waals surface area (Å²) < 4.78 is 0. The quantitative estimate of drug-likeness (QED) is 0.344. The molecule has 1 rings (SSSR count). The zero-order valence-electron chi connectivity index (χ0n) is 6.79. The number of guanidine groups is 1. The first-order chi connectivity index (χ1) is 5.33. The number of aliphatic imine (C=N–C) groups is 1. The van der Waals surface area contributed by atoms with Gasteiger partial charge in [0.25, 0.3) is 0 Å². The largest absolute Gasteiger partial charge is 0.370 e. The molecule has 0 aromatic rings. The highest BCUT2D eigenvalue weighted by Gasteiger charge is 2.20. The minimum atomic E-state index is 0. The van der Waals surface area contributed by atoms with Crippen LogP contribution in [0.4, 0.5) is 0 Å². The molecule has 0 bridgehead atoms. The number of nitrogens with one attached hydrogen (secondary N) is 1. The monoisotopic (exact) mass is 280 g/mol. The zero-order valence-corrected chi connectivity index (χ0v) is 9.12. The van der Waals surface area contributed by atoms with Gasteiger partial charge in [-0.1, -0.05) is 0 Å². The summed E-state index contributed by atoms with van der Waals surface area (Å²) in [5.74, 6) is 0.475. The van der Waals surface area contributed by atoms with Crippen molar-refractivity contribution >= 4 is 29.9 Å². The van der Waals surface area contributed by atoms with E-state index < -0.39 is 0 Å². The molecule has 1 saturated carbocycles. The summed E-state index contributed by atoms with van der Waals surface area (Å²) in [5, 5.41) is 11.2. The molecule has 68 valence electrons. The van der Waals surface area contributed by atoms with Gasteiger partial charge in [-0.25, -0.2) is 0 Å². The Kier molecular flexibility index (Phi) is 5.80. The smallest absolute Gasteiger partial charge is 0.188 e. The van der Waals surface area contributed by atoms with Crippen molar-refractivity contribution in [2.24, 2.45) is 10.7 Å². The summed E-state index contributed by atoms with van der Waals surface area (Å²) in [5.41, 5.74) is 5.48. The Morgan fingerprint density at radius 1 is 1.67 bits per heavy atom. The number of nitrogens with two attached hydrogens (primary N) is 1. The molecule has 0 spiro atoms. The van der Waals surface area contributed by atoms with E-state index in [9.17, 15) is 0 Å². The average Bonchev–Trinajstić information content (AvgIpc) is 2.72. The minimum absolute atomic E-state index is 0. The zero-order chi connectivity index (χ0) is 8.10. The first-order valence-corrected chi connectivity index (χ1v) is 3.76. The van der Waals surface area contributed by atoms with Gasteiger partial charge in [-0.3, -0.25) is 4.99 Å². The maximum atomic E-state index is 8.19. The molecule has 5 heteroatoms. The minimum Gasteiger partial charge on any atom is -0.370 e. The number of nitriles is 1. The van der Waals surface area contributed by atoms with Crippen LogP contribution in [-0.2, 0) is 0 Å². The van der Waals surface area contributed by atoms with Gasteiger partial charge in [0.15, 0.2) is 5.96 Å². The lowest BCUT2D eigenvalue weighted by atomic mass is 10.5. The highest BCUT2D eigenvalue weighted by Crippen LogP contribution is 2.17. The summed E-state index contributed by atoms with van der Waals surface area (Å²) in [6.45, 7) is 0.502. The molecule has 0 amide bonds. The number of nitrogens with zero attached hydrogens (tertiary/aromatic N) is 2. The van der Waals surface area contributed by atoms with Gasteiger partial charge in [0, 0.05) is 6.04 Å². The molecule has 12 heavy (non-hydrogen) atoms. The van der Waals surface area contributed by atoms with E-state index in [0.29, 0.717) is 25.0 Å². The van der Waals surface area contributed by atoms with E-state index in [1.165, 1.54) is 12.8 Å². The summed E-state index contributed by atoms with van der Waals surface area (Å²) in [6.07, 6.45) is 2.82. The summed E-state index contributed by atoms with van der Waals surface area (Å²) in [4.78, 5) is 3.95. The van der Waals surface area contributed by atoms with Crippen LogP contribution in [0, 0.1) is 11.3 Å². The normalized spacial score (nSPS) is 16.1. The number of hydrogen-bond acceptors (Lipinski definition) is 2. The fourth-order valence-electron chi connectivity index (χ4n) is 0.709. The molecule has 1 aliphatic carbocycles. The van der Waals surface area contributed by atoms with Gasteiger partial charge in [-0.15, -0.1) is 24.0 Å². The third-order valence-electron chi connectivity index (χ3n) is 1.44. The van der Waals surface area contributed by atoms with Crippen molar-refractivity contribution in [2.45, 2.75) is 25.3 Å². The fourth-order valence-corrected chi connectivity index (χ4v) is 0.709. The highest BCUT2D eigenvalue weighted by atomic mass is 127. The molecule has 3 N–H and O–H groups in total. The third kappa shape index (κ3) is 5.18. The van der Waals surface area contributed by atoms with Crippen LogP contribution in [0.2, 0.25) is 0 Å². The predicted octanol–water partition coefficient (Wildman–Crippen LogP) is 0.585. The number of hydrogen-bond donors (Lipinski definition) is 2. The lowest BCUT2D eigenvalue weighted by Crippen LogP contribution is -2.33. The Morgan fingerprint density at radius 2 is 2.33 bits per heavy atom. The Bertz CT molecular complexity index is 192. The summed E-state index contributed by atoms with van der Waals surface area (Å²) in [6, 6.07) is 2.54. The van der Waals surface area contributed by atoms with Crippen molar-refractivity contribution in [1.29, 1.82) is 5.26 Å². The van der Waals surface area contributed by atoms with Crippen molar-refractivity contribution in [2.75, 3.05) is 6.54 Å². The summed E-state index contributed by atoms with van der Waals surface area (Å²) in [7, 11) is 0. The van der Waals surface area contributed by atoms with E-state index in [1.54, 1.807) is 0 Å². The SMILES string of the molecule is I.N#CCCN=C(N)NC1CC1. The van der Waals surface area contributed by atoms with Crippen molar-refractivity contribution in [3.63, 3.8) is 0 Å². The molecule has 0 aliphatic heterocycles. The standard InChI is InChI=1S/C7H12N4.HI/c8-4-1-5-10-7(9)11-6-2-3-6;/h6H,1-3,5H2,(H3,9,10,11);1H. The van der Waals surface area contributed by atoms with E-state index in [1.807, 2.05) is 6.07 Å². The maximum absolute atomic E-state index is 8.19. The van der Waals surface area contributed by atoms with Gasteiger partial charge in [0.1, 0.15) is 0 Å². The second-order valence-corrected chi connectivity index (χ2v) is 2.59. The Balaban J connectivity index is 0.00000121. The maximum Gasteiger partial charge on any atom is 0.188 e. The van der Waals surface area contributed by atoms with Crippen molar-refractivity contribution in [3.05, 3.63) is 0 Å². The van der Waals surface area contributed by atoms with E-state index in [4.69, 9.17) is 11.0 Å². The molecule has 0 aromatic heterocycles. The van der Waals surface area contributed by atoms with E-state index in [2.05, 4.69) is 10.3 Å². The van der Waals surface area contributed by atoms with Crippen LogP contribution in [0.1, 0.15) is 19.3 Å². The fraction of sp³-hybridized carbons (Fsp3) is 0.714. The first kappa shape index (κ1) is 11.5. The van der Waals surface area contributed by atoms with Crippen LogP contribution in [0.15, 0.2) is 4.99 Å². The van der Waals surface area contributed by atoms with Crippen LogP contribution in [0.25, 0.3) is 0 Å². The molecule has 0 atom stereocenters. The highest BCUT2D eigenvalue weighted by molar-refractivity contribution is 14.0. The molecule has 0 saturated heterocycles. The molecule has 1 fully saturated rings. The van der Waals surface area contributed by atoms with Crippen LogP contribution in [-0.4, -0.2) is 18.5 Å². The summed E-state index contributed by atoms with van der Waals surface area (Å²) >= 11 is 0. The van der Waals surface area contributed by atoms with Crippen LogP contribution < -0.4 is 11.1 Å². The van der Waals surface area contributed by atoms with Gasteiger partial charge < -0.3 is 11.1 Å². The van der Waals surface area contributed by atoms with Crippen LogP contribution in [0.3, 0.4) is 0 Å². The molecule has 4 nitrogen and oxygen atoms in total. The van der Waals surface area contributed by atoms with Crippen LogP contribution >= 0.6 is 24.0 Å². The Labute approximate surface area is 89.2 Å². The Morgan fingerprint density at radius 3 is 2.83 bits per heavy atom. The molecular formula is C7H13IN4. The second kappa shape index (κ2) is 6.06. The van der Waals surface area contributed by atoms with Gasteiger partial charge in [-0.05, 0) is 12.8 Å². The number of halogens is 1.